The highest BCUT2D eigenvalue weighted by molar-refractivity contribution is 6.30. The molecule has 0 radical (unpaired) electrons. The molecule has 0 aliphatic rings. The van der Waals surface area contributed by atoms with Crippen LogP contribution in [0.2, 0.25) is 5.02 Å². The van der Waals surface area contributed by atoms with Crippen molar-refractivity contribution < 1.29 is 4.74 Å². The van der Waals surface area contributed by atoms with Gasteiger partial charge in [0, 0.05) is 30.4 Å². The first kappa shape index (κ1) is 22.0. The zero-order valence-corrected chi connectivity index (χ0v) is 18.1. The van der Waals surface area contributed by atoms with Gasteiger partial charge in [0.25, 0.3) is 0 Å². The van der Waals surface area contributed by atoms with Gasteiger partial charge in [-0.1, -0.05) is 11.6 Å². The van der Waals surface area contributed by atoms with E-state index in [1.54, 1.807) is 0 Å². The Labute approximate surface area is 172 Å². The Hall–Kier alpha value is -2.25. The zero-order valence-electron chi connectivity index (χ0n) is 17.3. The number of aryl methyl sites for hydroxylation is 1. The summed E-state index contributed by atoms with van der Waals surface area (Å²) in [5.41, 5.74) is 1.14. The number of aromatic nitrogens is 2. The van der Waals surface area contributed by atoms with E-state index < -0.39 is 0 Å². The van der Waals surface area contributed by atoms with Gasteiger partial charge in [0.2, 0.25) is 0 Å². The van der Waals surface area contributed by atoms with Crippen LogP contribution in [0.15, 0.2) is 41.7 Å². The first-order chi connectivity index (χ1) is 13.4. The molecule has 0 saturated carbocycles. The number of hydrogen-bond acceptors (Lipinski definition) is 4. The van der Waals surface area contributed by atoms with Crippen LogP contribution in [-0.2, 0) is 7.05 Å². The van der Waals surface area contributed by atoms with Gasteiger partial charge in [0.15, 0.2) is 5.96 Å². The van der Waals surface area contributed by atoms with E-state index in [1.807, 2.05) is 55.3 Å². The normalized spacial score (nSPS) is 14.0. The van der Waals surface area contributed by atoms with E-state index in [0.717, 1.165) is 23.8 Å². The maximum Gasteiger partial charge on any atom is 0.191 e. The molecule has 154 valence electrons. The van der Waals surface area contributed by atoms with Gasteiger partial charge in [-0.15, -0.1) is 0 Å². The van der Waals surface area contributed by atoms with E-state index in [1.165, 1.54) is 0 Å². The van der Waals surface area contributed by atoms with Crippen molar-refractivity contribution in [2.45, 2.75) is 26.0 Å². The molecule has 2 unspecified atom stereocenters. The molecule has 7 nitrogen and oxygen atoms in total. The molecular formula is C20H31ClN6O. The topological polar surface area (TPSA) is 66.7 Å². The Balaban J connectivity index is 1.94. The first-order valence-corrected chi connectivity index (χ1v) is 9.86. The zero-order chi connectivity index (χ0) is 20.5. The van der Waals surface area contributed by atoms with Crippen molar-refractivity contribution in [3.8, 4) is 5.75 Å². The van der Waals surface area contributed by atoms with Crippen molar-refractivity contribution >= 4 is 17.6 Å². The van der Waals surface area contributed by atoms with E-state index in [9.17, 15) is 0 Å². The Morgan fingerprint density at radius 1 is 1.29 bits per heavy atom. The minimum Gasteiger partial charge on any atom is -0.489 e. The van der Waals surface area contributed by atoms with Gasteiger partial charge < -0.3 is 20.3 Å². The largest absolute Gasteiger partial charge is 0.489 e. The first-order valence-electron chi connectivity index (χ1n) is 9.48. The number of likely N-dealkylation sites (N-methyl/N-ethyl adjacent to an activating group) is 1. The van der Waals surface area contributed by atoms with Crippen LogP contribution in [0.25, 0.3) is 0 Å². The number of halogens is 1. The van der Waals surface area contributed by atoms with E-state index in [0.29, 0.717) is 18.1 Å². The predicted octanol–water partition coefficient (Wildman–Crippen LogP) is 2.70. The smallest absolute Gasteiger partial charge is 0.191 e. The molecule has 0 bridgehead atoms. The highest BCUT2D eigenvalue weighted by Gasteiger charge is 2.16. The third-order valence-corrected chi connectivity index (χ3v) is 4.46. The molecule has 0 aliphatic heterocycles. The number of hydrogen-bond donors (Lipinski definition) is 2. The molecule has 0 fully saturated rings. The maximum absolute atomic E-state index is 5.91. The molecular weight excluding hydrogens is 376 g/mol. The predicted molar refractivity (Wildman–Crippen MR) is 115 cm³/mol. The van der Waals surface area contributed by atoms with E-state index in [4.69, 9.17) is 21.3 Å². The molecule has 0 saturated heterocycles. The number of ether oxygens (including phenoxy) is 1. The Morgan fingerprint density at radius 2 is 2.00 bits per heavy atom. The molecule has 0 spiro atoms. The molecule has 1 heterocycles. The monoisotopic (exact) mass is 406 g/mol. The summed E-state index contributed by atoms with van der Waals surface area (Å²) < 4.78 is 7.72. The Morgan fingerprint density at radius 3 is 2.57 bits per heavy atom. The van der Waals surface area contributed by atoms with Crippen LogP contribution >= 0.6 is 11.6 Å². The van der Waals surface area contributed by atoms with Gasteiger partial charge in [-0.3, -0.25) is 9.67 Å². The maximum atomic E-state index is 5.91. The second kappa shape index (κ2) is 10.9. The van der Waals surface area contributed by atoms with Gasteiger partial charge in [0.05, 0.1) is 25.3 Å². The number of rotatable bonds is 9. The Kier molecular flexibility index (Phi) is 8.60. The molecule has 2 aromatic rings. The lowest BCUT2D eigenvalue weighted by Gasteiger charge is -2.22. The SMILES string of the molecule is CCNC(=NCC(c1cnn(C)c1)N(C)C)NCC(C)Oc1ccc(Cl)cc1. The molecule has 1 aromatic carbocycles. The molecule has 28 heavy (non-hydrogen) atoms. The summed E-state index contributed by atoms with van der Waals surface area (Å²) >= 11 is 5.91. The fourth-order valence-electron chi connectivity index (χ4n) is 2.73. The second-order valence-electron chi connectivity index (χ2n) is 6.91. The standard InChI is InChI=1S/C20H31ClN6O/c1-6-22-20(23-11-15(2)28-18-9-7-17(21)8-10-18)24-13-19(26(3)4)16-12-25-27(5)14-16/h7-10,12,14-15,19H,6,11,13H2,1-5H3,(H2,22,23,24). The molecule has 0 amide bonds. The average molecular weight is 407 g/mol. The summed E-state index contributed by atoms with van der Waals surface area (Å²) in [6.45, 7) is 6.12. The van der Waals surface area contributed by atoms with Crippen molar-refractivity contribution in [1.82, 2.24) is 25.3 Å². The molecule has 1 aromatic heterocycles. The highest BCUT2D eigenvalue weighted by atomic mass is 35.5. The lowest BCUT2D eigenvalue weighted by atomic mass is 10.1. The van der Waals surface area contributed by atoms with Gasteiger partial charge in [-0.25, -0.2) is 0 Å². The minimum absolute atomic E-state index is 0.0204. The molecule has 2 rings (SSSR count). The summed E-state index contributed by atoms with van der Waals surface area (Å²) in [5, 5.41) is 11.6. The van der Waals surface area contributed by atoms with Gasteiger partial charge in [-0.05, 0) is 52.2 Å². The van der Waals surface area contributed by atoms with Crippen molar-refractivity contribution in [3.63, 3.8) is 0 Å². The van der Waals surface area contributed by atoms with Gasteiger partial charge in [-0.2, -0.15) is 5.10 Å². The minimum atomic E-state index is -0.0204. The van der Waals surface area contributed by atoms with E-state index in [-0.39, 0.29) is 12.1 Å². The lowest BCUT2D eigenvalue weighted by molar-refractivity contribution is 0.223. The summed E-state index contributed by atoms with van der Waals surface area (Å²) in [4.78, 5) is 6.90. The summed E-state index contributed by atoms with van der Waals surface area (Å²) in [5.74, 6) is 1.56. The average Bonchev–Trinajstić information content (AvgIpc) is 3.07. The number of nitrogens with one attached hydrogen (secondary N) is 2. The summed E-state index contributed by atoms with van der Waals surface area (Å²) in [6, 6.07) is 7.54. The lowest BCUT2D eigenvalue weighted by Crippen LogP contribution is -2.42. The molecule has 2 atom stereocenters. The fraction of sp³-hybridized carbons (Fsp3) is 0.500. The number of aliphatic imine (C=N–C) groups is 1. The number of nitrogens with zero attached hydrogens (tertiary/aromatic N) is 4. The van der Waals surface area contributed by atoms with Crippen LogP contribution in [0.3, 0.4) is 0 Å². The van der Waals surface area contributed by atoms with Crippen molar-refractivity contribution in [2.75, 3.05) is 33.7 Å². The van der Waals surface area contributed by atoms with E-state index >= 15 is 0 Å². The number of benzene rings is 1. The number of guanidine groups is 1. The van der Waals surface area contributed by atoms with Gasteiger partial charge in [0.1, 0.15) is 11.9 Å². The van der Waals surface area contributed by atoms with Crippen LogP contribution < -0.4 is 15.4 Å². The quantitative estimate of drug-likeness (QED) is 0.495. The molecule has 8 heteroatoms. The fourth-order valence-corrected chi connectivity index (χ4v) is 2.85. The Bertz CT molecular complexity index is 743. The van der Waals surface area contributed by atoms with Crippen molar-refractivity contribution in [3.05, 3.63) is 47.2 Å². The summed E-state index contributed by atoms with van der Waals surface area (Å²) in [7, 11) is 6.03. The molecule has 0 aliphatic carbocycles. The van der Waals surface area contributed by atoms with Crippen LogP contribution in [0.5, 0.6) is 5.75 Å². The van der Waals surface area contributed by atoms with Crippen LogP contribution in [0, 0.1) is 0 Å². The second-order valence-corrected chi connectivity index (χ2v) is 7.35. The molecule has 2 N–H and O–H groups in total. The third kappa shape index (κ3) is 7.05. The third-order valence-electron chi connectivity index (χ3n) is 4.21. The van der Waals surface area contributed by atoms with Crippen LogP contribution in [0.4, 0.5) is 0 Å². The van der Waals surface area contributed by atoms with Crippen molar-refractivity contribution in [2.24, 2.45) is 12.0 Å². The van der Waals surface area contributed by atoms with Crippen molar-refractivity contribution in [1.29, 1.82) is 0 Å². The van der Waals surface area contributed by atoms with Crippen LogP contribution in [-0.4, -0.2) is 60.5 Å². The summed E-state index contributed by atoms with van der Waals surface area (Å²) in [6.07, 6.45) is 3.90. The highest BCUT2D eigenvalue weighted by Crippen LogP contribution is 2.18. The van der Waals surface area contributed by atoms with Crippen LogP contribution in [0.1, 0.15) is 25.5 Å². The van der Waals surface area contributed by atoms with Gasteiger partial charge >= 0.3 is 0 Å². The van der Waals surface area contributed by atoms with E-state index in [2.05, 4.69) is 41.7 Å².